The van der Waals surface area contributed by atoms with E-state index in [4.69, 9.17) is 4.74 Å². The van der Waals surface area contributed by atoms with E-state index in [0.29, 0.717) is 12.5 Å². The molecule has 0 unspecified atom stereocenters. The lowest BCUT2D eigenvalue weighted by Gasteiger charge is -2.21. The monoisotopic (exact) mass is 342 g/mol. The predicted octanol–water partition coefficient (Wildman–Crippen LogP) is 4.35. The minimum absolute atomic E-state index is 0.150. The number of aromatic amines is 1. The molecule has 1 fully saturated rings. The third-order valence-electron chi connectivity index (χ3n) is 5.07. The van der Waals surface area contributed by atoms with Gasteiger partial charge < -0.3 is 15.0 Å². The number of para-hydroxylation sites is 1. The Balaban J connectivity index is 1.25. The van der Waals surface area contributed by atoms with Crippen molar-refractivity contribution in [1.82, 2.24) is 10.3 Å². The lowest BCUT2D eigenvalue weighted by molar-refractivity contribution is -0.121. The summed E-state index contributed by atoms with van der Waals surface area (Å²) in [6, 6.07) is 8.31. The number of nitrogens with one attached hydrogen (secondary N) is 2. The summed E-state index contributed by atoms with van der Waals surface area (Å²) in [5.41, 5.74) is 2.46. The number of hydrogen-bond acceptors (Lipinski definition) is 2. The SMILES string of the molecule is O=C(CCCc1c[nH]c2ccccc12)NCCCOC1CCCCC1. The Bertz CT molecular complexity index is 659. The summed E-state index contributed by atoms with van der Waals surface area (Å²) in [4.78, 5) is 15.2. The van der Waals surface area contributed by atoms with E-state index < -0.39 is 0 Å². The smallest absolute Gasteiger partial charge is 0.220 e. The Morgan fingerprint density at radius 2 is 2.00 bits per heavy atom. The van der Waals surface area contributed by atoms with E-state index in [1.807, 2.05) is 6.07 Å². The van der Waals surface area contributed by atoms with Gasteiger partial charge in [-0.25, -0.2) is 0 Å². The fourth-order valence-electron chi connectivity index (χ4n) is 3.65. The van der Waals surface area contributed by atoms with E-state index in [9.17, 15) is 4.79 Å². The van der Waals surface area contributed by atoms with Crippen LogP contribution < -0.4 is 5.32 Å². The molecule has 4 nitrogen and oxygen atoms in total. The fraction of sp³-hybridized carbons (Fsp3) is 0.571. The van der Waals surface area contributed by atoms with Gasteiger partial charge in [-0.15, -0.1) is 0 Å². The second kappa shape index (κ2) is 9.62. The highest BCUT2D eigenvalue weighted by Gasteiger charge is 2.13. The van der Waals surface area contributed by atoms with Crippen molar-refractivity contribution in [1.29, 1.82) is 0 Å². The Kier molecular flexibility index (Phi) is 6.92. The Hall–Kier alpha value is -1.81. The van der Waals surface area contributed by atoms with Crippen molar-refractivity contribution < 1.29 is 9.53 Å². The van der Waals surface area contributed by atoms with Crippen molar-refractivity contribution in [2.75, 3.05) is 13.2 Å². The second-order valence-electron chi connectivity index (χ2n) is 7.05. The molecule has 0 spiro atoms. The normalized spacial score (nSPS) is 15.5. The summed E-state index contributed by atoms with van der Waals surface area (Å²) in [6.07, 6.45) is 12.2. The molecule has 136 valence electrons. The molecular weight excluding hydrogens is 312 g/mol. The van der Waals surface area contributed by atoms with Gasteiger partial charge in [0.2, 0.25) is 5.91 Å². The van der Waals surface area contributed by atoms with Gasteiger partial charge in [0, 0.05) is 36.7 Å². The summed E-state index contributed by atoms with van der Waals surface area (Å²) >= 11 is 0. The predicted molar refractivity (Wildman–Crippen MR) is 102 cm³/mol. The fourth-order valence-corrected chi connectivity index (χ4v) is 3.65. The highest BCUT2D eigenvalue weighted by Crippen LogP contribution is 2.20. The van der Waals surface area contributed by atoms with Gasteiger partial charge in [0.05, 0.1) is 6.10 Å². The Labute approximate surface area is 150 Å². The van der Waals surface area contributed by atoms with Crippen molar-refractivity contribution in [3.63, 3.8) is 0 Å². The van der Waals surface area contributed by atoms with Crippen molar-refractivity contribution in [2.45, 2.75) is 63.9 Å². The number of carbonyl (C=O) groups excluding carboxylic acids is 1. The number of rotatable bonds is 9. The first-order valence-electron chi connectivity index (χ1n) is 9.76. The number of H-pyrrole nitrogens is 1. The highest BCUT2D eigenvalue weighted by atomic mass is 16.5. The summed E-state index contributed by atoms with van der Waals surface area (Å²) in [5, 5.41) is 4.28. The zero-order valence-corrected chi connectivity index (χ0v) is 15.1. The summed E-state index contributed by atoms with van der Waals surface area (Å²) in [5.74, 6) is 0.150. The van der Waals surface area contributed by atoms with Crippen LogP contribution in [0.5, 0.6) is 0 Å². The average molecular weight is 342 g/mol. The molecule has 1 aromatic carbocycles. The number of hydrogen-bond donors (Lipinski definition) is 2. The minimum Gasteiger partial charge on any atom is -0.378 e. The number of fused-ring (bicyclic) bond motifs is 1. The molecule has 1 aromatic heterocycles. The first kappa shape index (κ1) is 18.0. The van der Waals surface area contributed by atoms with Crippen LogP contribution in [0.1, 0.15) is 56.9 Å². The number of aromatic nitrogens is 1. The van der Waals surface area contributed by atoms with E-state index in [1.54, 1.807) is 0 Å². The van der Waals surface area contributed by atoms with E-state index in [-0.39, 0.29) is 5.91 Å². The molecule has 0 radical (unpaired) electrons. The van der Waals surface area contributed by atoms with Crippen LogP contribution in [-0.2, 0) is 16.0 Å². The van der Waals surface area contributed by atoms with E-state index in [2.05, 4.69) is 34.7 Å². The van der Waals surface area contributed by atoms with Gasteiger partial charge in [-0.1, -0.05) is 37.5 Å². The summed E-state index contributed by atoms with van der Waals surface area (Å²) in [6.45, 7) is 1.49. The van der Waals surface area contributed by atoms with Crippen LogP contribution in [-0.4, -0.2) is 30.1 Å². The van der Waals surface area contributed by atoms with Crippen LogP contribution in [0.25, 0.3) is 10.9 Å². The van der Waals surface area contributed by atoms with Gasteiger partial charge >= 0.3 is 0 Å². The lowest BCUT2D eigenvalue weighted by atomic mass is 9.98. The van der Waals surface area contributed by atoms with Gasteiger partial charge in [-0.05, 0) is 43.7 Å². The molecule has 1 heterocycles. The first-order chi connectivity index (χ1) is 12.3. The first-order valence-corrected chi connectivity index (χ1v) is 9.76. The molecule has 0 atom stereocenters. The number of benzene rings is 1. The van der Waals surface area contributed by atoms with Gasteiger partial charge in [0.25, 0.3) is 0 Å². The molecule has 0 bridgehead atoms. The van der Waals surface area contributed by atoms with E-state index >= 15 is 0 Å². The zero-order valence-electron chi connectivity index (χ0n) is 15.1. The molecule has 2 aromatic rings. The summed E-state index contributed by atoms with van der Waals surface area (Å²) < 4.78 is 5.88. The largest absolute Gasteiger partial charge is 0.378 e. The minimum atomic E-state index is 0.150. The topological polar surface area (TPSA) is 54.1 Å². The van der Waals surface area contributed by atoms with Crippen LogP contribution in [0.2, 0.25) is 0 Å². The highest BCUT2D eigenvalue weighted by molar-refractivity contribution is 5.83. The van der Waals surface area contributed by atoms with Crippen LogP contribution in [0, 0.1) is 0 Å². The van der Waals surface area contributed by atoms with Gasteiger partial charge in [-0.3, -0.25) is 4.79 Å². The number of ether oxygens (including phenoxy) is 1. The third kappa shape index (κ3) is 5.60. The number of carbonyl (C=O) groups is 1. The van der Waals surface area contributed by atoms with Crippen molar-refractivity contribution in [2.24, 2.45) is 0 Å². The van der Waals surface area contributed by atoms with Gasteiger partial charge in [-0.2, -0.15) is 0 Å². The molecule has 25 heavy (non-hydrogen) atoms. The molecule has 2 N–H and O–H groups in total. The van der Waals surface area contributed by atoms with Crippen LogP contribution in [0.15, 0.2) is 30.5 Å². The lowest BCUT2D eigenvalue weighted by Crippen LogP contribution is -2.26. The van der Waals surface area contributed by atoms with Gasteiger partial charge in [0.1, 0.15) is 0 Å². The molecule has 1 aliphatic rings. The molecule has 3 rings (SSSR count). The quantitative estimate of drug-likeness (QED) is 0.666. The van der Waals surface area contributed by atoms with E-state index in [1.165, 1.54) is 48.6 Å². The Morgan fingerprint density at radius 1 is 1.16 bits per heavy atom. The molecule has 1 amide bonds. The standard InChI is InChI=1S/C21H30N2O2/c24-21(22-14-7-15-25-18-9-2-1-3-10-18)13-6-8-17-16-23-20-12-5-4-11-19(17)20/h4-5,11-12,16,18,23H,1-3,6-10,13-15H2,(H,22,24). The molecular formula is C21H30N2O2. The van der Waals surface area contributed by atoms with Crippen molar-refractivity contribution in [3.8, 4) is 0 Å². The number of amides is 1. The third-order valence-corrected chi connectivity index (χ3v) is 5.07. The molecule has 4 heteroatoms. The van der Waals surface area contributed by atoms with E-state index in [0.717, 1.165) is 32.4 Å². The van der Waals surface area contributed by atoms with Crippen molar-refractivity contribution >= 4 is 16.8 Å². The second-order valence-corrected chi connectivity index (χ2v) is 7.05. The van der Waals surface area contributed by atoms with Crippen LogP contribution >= 0.6 is 0 Å². The van der Waals surface area contributed by atoms with Gasteiger partial charge in [0.15, 0.2) is 0 Å². The maximum absolute atomic E-state index is 11.9. The Morgan fingerprint density at radius 3 is 2.88 bits per heavy atom. The average Bonchev–Trinajstić information content (AvgIpc) is 3.06. The number of aryl methyl sites for hydroxylation is 1. The molecule has 1 saturated carbocycles. The maximum atomic E-state index is 11.9. The molecule has 0 aliphatic heterocycles. The van der Waals surface area contributed by atoms with Crippen LogP contribution in [0.3, 0.4) is 0 Å². The summed E-state index contributed by atoms with van der Waals surface area (Å²) in [7, 11) is 0. The van der Waals surface area contributed by atoms with Crippen molar-refractivity contribution in [3.05, 3.63) is 36.0 Å². The molecule has 0 saturated heterocycles. The maximum Gasteiger partial charge on any atom is 0.220 e. The zero-order chi connectivity index (χ0) is 17.3. The molecule has 1 aliphatic carbocycles. The van der Waals surface area contributed by atoms with Crippen LogP contribution in [0.4, 0.5) is 0 Å².